The van der Waals surface area contributed by atoms with Gasteiger partial charge in [0, 0.05) is 19.1 Å². The van der Waals surface area contributed by atoms with Gasteiger partial charge in [0.15, 0.2) is 11.5 Å². The largest absolute Gasteiger partial charge is 0.586 e. The number of aromatic nitrogens is 1. The van der Waals surface area contributed by atoms with E-state index in [1.54, 1.807) is 0 Å². The van der Waals surface area contributed by atoms with Gasteiger partial charge in [0.2, 0.25) is 0 Å². The molecule has 2 heterocycles. The number of pyridine rings is 1. The average Bonchev–Trinajstić information content (AvgIpc) is 3.55. The maximum absolute atomic E-state index is 13.8. The van der Waals surface area contributed by atoms with Crippen molar-refractivity contribution in [2.75, 3.05) is 0 Å². The minimum Gasteiger partial charge on any atom is -0.478 e. The van der Waals surface area contributed by atoms with Crippen LogP contribution in [0.4, 0.5) is 26.3 Å². The van der Waals surface area contributed by atoms with E-state index in [-0.39, 0.29) is 30.6 Å². The van der Waals surface area contributed by atoms with Crippen molar-refractivity contribution >= 4 is 11.8 Å². The Morgan fingerprint density at radius 1 is 1.00 bits per heavy atom. The number of hydrogen-bond donors (Lipinski definition) is 1. The Morgan fingerprint density at radius 2 is 1.70 bits per heavy atom. The lowest BCUT2D eigenvalue weighted by molar-refractivity contribution is -0.286. The summed E-state index contributed by atoms with van der Waals surface area (Å²) in [4.78, 5) is 28.5. The summed E-state index contributed by atoms with van der Waals surface area (Å²) in [6.07, 6.45) is -8.31. The van der Waals surface area contributed by atoms with Crippen LogP contribution in [0.1, 0.15) is 41.4 Å². The highest BCUT2D eigenvalue weighted by Crippen LogP contribution is 2.52. The fourth-order valence-corrected chi connectivity index (χ4v) is 4.32. The first-order valence-electron chi connectivity index (χ1n) is 10.8. The Morgan fingerprint density at radius 3 is 2.35 bits per heavy atom. The zero-order valence-electron chi connectivity index (χ0n) is 18.5. The van der Waals surface area contributed by atoms with Gasteiger partial charge in [0.05, 0.1) is 22.2 Å². The number of alkyl halides is 5. The summed E-state index contributed by atoms with van der Waals surface area (Å²) in [5.41, 5.74) is -3.66. The van der Waals surface area contributed by atoms with Crippen molar-refractivity contribution in [2.45, 2.75) is 37.1 Å². The summed E-state index contributed by atoms with van der Waals surface area (Å²) in [5.74, 6) is -3.63. The second-order valence-corrected chi connectivity index (χ2v) is 8.71. The van der Waals surface area contributed by atoms with Gasteiger partial charge in [-0.15, -0.1) is 8.78 Å². The van der Waals surface area contributed by atoms with E-state index in [1.165, 1.54) is 18.2 Å². The average molecular weight is 525 g/mol. The number of ketones is 1. The topological polar surface area (TPSA) is 85.7 Å². The van der Waals surface area contributed by atoms with Crippen LogP contribution in [0.5, 0.6) is 11.5 Å². The highest BCUT2D eigenvalue weighted by molar-refractivity contribution is 5.94. The van der Waals surface area contributed by atoms with Crippen molar-refractivity contribution in [1.29, 1.82) is 0 Å². The number of ether oxygens (including phenoxy) is 2. The summed E-state index contributed by atoms with van der Waals surface area (Å²) >= 11 is 0. The molecule has 12 heteroatoms. The quantitative estimate of drug-likeness (QED) is 0.397. The molecule has 0 radical (unpaired) electrons. The van der Waals surface area contributed by atoms with Crippen molar-refractivity contribution in [3.05, 3.63) is 76.7 Å². The number of halogens is 6. The molecular formula is C25H17F6NO5. The van der Waals surface area contributed by atoms with Crippen molar-refractivity contribution in [2.24, 2.45) is 0 Å². The smallest absolute Gasteiger partial charge is 0.478 e. The van der Waals surface area contributed by atoms with Crippen LogP contribution in [0.25, 0.3) is 11.3 Å². The molecular weight excluding hydrogens is 508 g/mol. The molecule has 1 fully saturated rings. The molecule has 2 aromatic carbocycles. The maximum Gasteiger partial charge on any atom is 0.586 e. The van der Waals surface area contributed by atoms with Gasteiger partial charge in [0.25, 0.3) is 0 Å². The SMILES string of the molecule is O=C(O)c1cc(-c2nc(CC(=O)C3(c4ccc5c(c4)OC(F)(F)O5)CC3)ccc2C(F)(F)F)ccc1F.[HH]. The molecule has 1 aliphatic carbocycles. The lowest BCUT2D eigenvalue weighted by Crippen LogP contribution is -2.26. The molecule has 37 heavy (non-hydrogen) atoms. The van der Waals surface area contributed by atoms with Gasteiger partial charge >= 0.3 is 18.4 Å². The van der Waals surface area contributed by atoms with Crippen molar-refractivity contribution < 1.29 is 51.9 Å². The molecule has 0 saturated heterocycles. The van der Waals surface area contributed by atoms with Gasteiger partial charge in [0.1, 0.15) is 11.6 Å². The highest BCUT2D eigenvalue weighted by Gasteiger charge is 2.52. The summed E-state index contributed by atoms with van der Waals surface area (Å²) in [6.45, 7) is 0. The number of carbonyl (C=O) groups is 2. The third-order valence-corrected chi connectivity index (χ3v) is 6.31. The molecule has 3 aromatic rings. The minimum absolute atomic E-state index is 0. The zero-order chi connectivity index (χ0) is 26.8. The first kappa shape index (κ1) is 24.6. The van der Waals surface area contributed by atoms with Gasteiger partial charge in [-0.2, -0.15) is 13.2 Å². The second kappa shape index (κ2) is 8.22. The number of carboxylic acids is 1. The lowest BCUT2D eigenvalue weighted by atomic mass is 9.88. The van der Waals surface area contributed by atoms with Crippen molar-refractivity contribution in [3.8, 4) is 22.8 Å². The predicted octanol–water partition coefficient (Wildman–Crippen LogP) is 6.02. The molecule has 194 valence electrons. The van der Waals surface area contributed by atoms with E-state index in [0.29, 0.717) is 18.4 Å². The standard InChI is InChI=1S/C25H15F6NO5.H2/c26-17-5-1-12(9-15(17)22(34)35)21-16(24(27,28)29)4-3-14(32-21)11-20(33)23(7-8-23)13-2-6-18-19(10-13)37-25(30,31)36-18;/h1-6,9-10H,7-8,11H2,(H,34,35);1H. The third-order valence-electron chi connectivity index (χ3n) is 6.31. The number of hydrogen-bond acceptors (Lipinski definition) is 5. The third kappa shape index (κ3) is 4.47. The van der Waals surface area contributed by atoms with Crippen LogP contribution in [0.2, 0.25) is 0 Å². The number of carboxylic acid groups (broad SMARTS) is 1. The number of benzene rings is 2. The lowest BCUT2D eigenvalue weighted by Gasteiger charge is -2.17. The second-order valence-electron chi connectivity index (χ2n) is 8.71. The summed E-state index contributed by atoms with van der Waals surface area (Å²) in [7, 11) is 0. The summed E-state index contributed by atoms with van der Waals surface area (Å²) < 4.78 is 90.4. The molecule has 0 unspecified atom stereocenters. The Kier molecular flexibility index (Phi) is 5.46. The number of fused-ring (bicyclic) bond motifs is 1. The van der Waals surface area contributed by atoms with Gasteiger partial charge in [-0.1, -0.05) is 6.07 Å². The Hall–Kier alpha value is -4.09. The van der Waals surface area contributed by atoms with Crippen LogP contribution < -0.4 is 9.47 Å². The first-order valence-corrected chi connectivity index (χ1v) is 10.8. The number of Topliss-reactive ketones (excluding diaryl/α,β-unsaturated/α-hetero) is 1. The monoisotopic (exact) mass is 525 g/mol. The van der Waals surface area contributed by atoms with Gasteiger partial charge < -0.3 is 14.6 Å². The molecule has 1 saturated carbocycles. The highest BCUT2D eigenvalue weighted by atomic mass is 19.4. The van der Waals surface area contributed by atoms with Crippen LogP contribution in [0, 0.1) is 5.82 Å². The Bertz CT molecular complexity index is 1450. The van der Waals surface area contributed by atoms with Gasteiger partial charge in [-0.25, -0.2) is 9.18 Å². The van der Waals surface area contributed by atoms with E-state index in [2.05, 4.69) is 14.5 Å². The van der Waals surface area contributed by atoms with Crippen LogP contribution in [0.3, 0.4) is 0 Å². The first-order chi connectivity index (χ1) is 17.3. The van der Waals surface area contributed by atoms with Crippen molar-refractivity contribution in [1.82, 2.24) is 4.98 Å². The fourth-order valence-electron chi connectivity index (χ4n) is 4.32. The van der Waals surface area contributed by atoms with E-state index >= 15 is 0 Å². The molecule has 6 nitrogen and oxygen atoms in total. The molecule has 0 atom stereocenters. The minimum atomic E-state index is -4.87. The molecule has 1 aromatic heterocycles. The number of nitrogens with zero attached hydrogens (tertiary/aromatic N) is 1. The summed E-state index contributed by atoms with van der Waals surface area (Å²) in [5, 5.41) is 9.15. The zero-order valence-corrected chi connectivity index (χ0v) is 18.5. The van der Waals surface area contributed by atoms with Gasteiger partial charge in [-0.3, -0.25) is 9.78 Å². The van der Waals surface area contributed by atoms with E-state index in [0.717, 1.165) is 30.3 Å². The molecule has 5 rings (SSSR count). The molecule has 2 aliphatic rings. The van der Waals surface area contributed by atoms with Gasteiger partial charge in [-0.05, 0) is 60.9 Å². The molecule has 1 N–H and O–H groups in total. The summed E-state index contributed by atoms with van der Waals surface area (Å²) in [6, 6.07) is 8.16. The maximum atomic E-state index is 13.8. The van der Waals surface area contributed by atoms with E-state index in [9.17, 15) is 35.9 Å². The normalized spacial score (nSPS) is 16.9. The van der Waals surface area contributed by atoms with E-state index < -0.39 is 52.3 Å². The van der Waals surface area contributed by atoms with Crippen LogP contribution >= 0.6 is 0 Å². The fraction of sp³-hybridized carbons (Fsp3) is 0.240. The number of rotatable bonds is 6. The predicted molar refractivity (Wildman–Crippen MR) is 116 cm³/mol. The molecule has 0 spiro atoms. The molecule has 0 bridgehead atoms. The Balaban J connectivity index is 0.00000336. The Labute approximate surface area is 205 Å². The number of aromatic carboxylic acids is 1. The van der Waals surface area contributed by atoms with Crippen molar-refractivity contribution in [3.63, 3.8) is 0 Å². The molecule has 0 amide bonds. The van der Waals surface area contributed by atoms with E-state index in [4.69, 9.17) is 5.11 Å². The van der Waals surface area contributed by atoms with Crippen LogP contribution in [0.15, 0.2) is 48.5 Å². The van der Waals surface area contributed by atoms with Crippen LogP contribution in [-0.2, 0) is 22.8 Å². The molecule has 1 aliphatic heterocycles. The van der Waals surface area contributed by atoms with E-state index in [1.807, 2.05) is 0 Å². The number of carbonyl (C=O) groups excluding carboxylic acids is 1. The van der Waals surface area contributed by atoms with Crippen LogP contribution in [-0.4, -0.2) is 28.1 Å².